The van der Waals surface area contributed by atoms with Gasteiger partial charge in [-0.2, -0.15) is 5.10 Å². The Morgan fingerprint density at radius 1 is 1.35 bits per heavy atom. The van der Waals surface area contributed by atoms with E-state index in [0.717, 1.165) is 24.0 Å². The summed E-state index contributed by atoms with van der Waals surface area (Å²) in [6.07, 6.45) is 9.32. The second-order valence-electron chi connectivity index (χ2n) is 4.28. The Bertz CT molecular complexity index is 453. The predicted molar refractivity (Wildman–Crippen MR) is 65.5 cm³/mol. The maximum Gasteiger partial charge on any atom is 0.0584 e. The number of pyridine rings is 1. The molecule has 0 fully saturated rings. The highest BCUT2D eigenvalue weighted by Gasteiger charge is 2.06. The Labute approximate surface area is 101 Å². The third-order valence-corrected chi connectivity index (χ3v) is 2.72. The summed E-state index contributed by atoms with van der Waals surface area (Å²) in [4.78, 5) is 4.03. The molecular formula is C13H17N3O. The minimum absolute atomic E-state index is 0.320. The van der Waals surface area contributed by atoms with Crippen LogP contribution < -0.4 is 0 Å². The Hall–Kier alpha value is -1.68. The van der Waals surface area contributed by atoms with Crippen LogP contribution in [-0.4, -0.2) is 26.0 Å². The number of nitrogens with zero attached hydrogens (tertiary/aromatic N) is 3. The van der Waals surface area contributed by atoms with Gasteiger partial charge in [0.05, 0.1) is 12.3 Å². The first-order valence-corrected chi connectivity index (χ1v) is 5.78. The Balaban J connectivity index is 1.80. The monoisotopic (exact) mass is 231 g/mol. The first-order valence-electron chi connectivity index (χ1n) is 5.78. The minimum Gasteiger partial charge on any atom is -0.393 e. The molecule has 4 heteroatoms. The molecule has 2 aromatic rings. The van der Waals surface area contributed by atoms with Gasteiger partial charge >= 0.3 is 0 Å². The highest BCUT2D eigenvalue weighted by Crippen LogP contribution is 2.08. The van der Waals surface area contributed by atoms with E-state index in [1.165, 1.54) is 0 Å². The number of rotatable bonds is 5. The van der Waals surface area contributed by atoms with Crippen LogP contribution in [0.5, 0.6) is 0 Å². The molecule has 0 aliphatic carbocycles. The van der Waals surface area contributed by atoms with E-state index < -0.39 is 0 Å². The topological polar surface area (TPSA) is 50.9 Å². The fourth-order valence-electron chi connectivity index (χ4n) is 1.83. The van der Waals surface area contributed by atoms with Crippen molar-refractivity contribution >= 4 is 0 Å². The fraction of sp³-hybridized carbons (Fsp3) is 0.385. The number of aryl methyl sites for hydroxylation is 2. The van der Waals surface area contributed by atoms with E-state index in [4.69, 9.17) is 0 Å². The van der Waals surface area contributed by atoms with Gasteiger partial charge in [-0.05, 0) is 36.5 Å². The highest BCUT2D eigenvalue weighted by molar-refractivity contribution is 5.10. The van der Waals surface area contributed by atoms with E-state index in [1.54, 1.807) is 17.1 Å². The molecule has 0 radical (unpaired) electrons. The third kappa shape index (κ3) is 3.67. The van der Waals surface area contributed by atoms with Crippen LogP contribution in [0.15, 0.2) is 36.9 Å². The van der Waals surface area contributed by atoms with E-state index in [0.29, 0.717) is 6.42 Å². The SMILES string of the molecule is Cn1cc(CCC(O)Cc2cccnc2)cn1. The Morgan fingerprint density at radius 2 is 2.24 bits per heavy atom. The molecule has 17 heavy (non-hydrogen) atoms. The Kier molecular flexibility index (Phi) is 3.88. The summed E-state index contributed by atoms with van der Waals surface area (Å²) in [6.45, 7) is 0. The van der Waals surface area contributed by atoms with Crippen molar-refractivity contribution in [1.82, 2.24) is 14.8 Å². The maximum atomic E-state index is 9.92. The zero-order valence-electron chi connectivity index (χ0n) is 9.95. The smallest absolute Gasteiger partial charge is 0.0584 e. The van der Waals surface area contributed by atoms with Gasteiger partial charge in [-0.15, -0.1) is 0 Å². The fourth-order valence-corrected chi connectivity index (χ4v) is 1.83. The van der Waals surface area contributed by atoms with Crippen molar-refractivity contribution in [1.29, 1.82) is 0 Å². The molecule has 0 amide bonds. The molecule has 1 unspecified atom stereocenters. The molecule has 0 spiro atoms. The lowest BCUT2D eigenvalue weighted by molar-refractivity contribution is 0.165. The molecule has 0 saturated carbocycles. The van der Waals surface area contributed by atoms with Crippen molar-refractivity contribution in [2.24, 2.45) is 7.05 Å². The van der Waals surface area contributed by atoms with Gasteiger partial charge in [0.15, 0.2) is 0 Å². The van der Waals surface area contributed by atoms with Gasteiger partial charge in [0, 0.05) is 25.6 Å². The quantitative estimate of drug-likeness (QED) is 0.845. The van der Waals surface area contributed by atoms with Crippen molar-refractivity contribution < 1.29 is 5.11 Å². The molecule has 2 heterocycles. The molecule has 0 bridgehead atoms. The molecule has 0 aromatic carbocycles. The van der Waals surface area contributed by atoms with Gasteiger partial charge in [-0.25, -0.2) is 0 Å². The molecule has 4 nitrogen and oxygen atoms in total. The summed E-state index contributed by atoms with van der Waals surface area (Å²) in [5, 5.41) is 14.0. The number of aromatic nitrogens is 3. The first-order chi connectivity index (χ1) is 8.24. The minimum atomic E-state index is -0.320. The molecule has 0 saturated heterocycles. The zero-order chi connectivity index (χ0) is 12.1. The second kappa shape index (κ2) is 5.59. The van der Waals surface area contributed by atoms with Gasteiger partial charge in [-0.1, -0.05) is 6.07 Å². The van der Waals surface area contributed by atoms with Crippen LogP contribution in [0, 0.1) is 0 Å². The normalized spacial score (nSPS) is 12.6. The van der Waals surface area contributed by atoms with Crippen LogP contribution in [0.3, 0.4) is 0 Å². The summed E-state index contributed by atoms with van der Waals surface area (Å²) in [5.41, 5.74) is 2.24. The van der Waals surface area contributed by atoms with Crippen LogP contribution in [0.1, 0.15) is 17.5 Å². The summed E-state index contributed by atoms with van der Waals surface area (Å²) < 4.78 is 1.78. The first kappa shape index (κ1) is 11.8. The van der Waals surface area contributed by atoms with E-state index >= 15 is 0 Å². The predicted octanol–water partition coefficient (Wildman–Crippen LogP) is 1.35. The van der Waals surface area contributed by atoms with Crippen molar-refractivity contribution in [3.63, 3.8) is 0 Å². The number of aliphatic hydroxyl groups excluding tert-OH is 1. The summed E-state index contributed by atoms with van der Waals surface area (Å²) in [7, 11) is 1.90. The summed E-state index contributed by atoms with van der Waals surface area (Å²) in [5.74, 6) is 0. The van der Waals surface area contributed by atoms with Crippen LogP contribution in [-0.2, 0) is 19.9 Å². The van der Waals surface area contributed by atoms with E-state index in [1.807, 2.05) is 31.6 Å². The third-order valence-electron chi connectivity index (χ3n) is 2.72. The number of hydrogen-bond acceptors (Lipinski definition) is 3. The lowest BCUT2D eigenvalue weighted by atomic mass is 10.0. The average molecular weight is 231 g/mol. The van der Waals surface area contributed by atoms with Crippen molar-refractivity contribution in [2.75, 3.05) is 0 Å². The molecular weight excluding hydrogens is 214 g/mol. The average Bonchev–Trinajstić information content (AvgIpc) is 2.74. The lowest BCUT2D eigenvalue weighted by Crippen LogP contribution is -2.11. The molecule has 2 rings (SSSR count). The second-order valence-corrected chi connectivity index (χ2v) is 4.28. The van der Waals surface area contributed by atoms with E-state index in [2.05, 4.69) is 10.1 Å². The molecule has 0 aliphatic heterocycles. The van der Waals surface area contributed by atoms with Crippen LogP contribution in [0.2, 0.25) is 0 Å². The van der Waals surface area contributed by atoms with Crippen LogP contribution >= 0.6 is 0 Å². The van der Waals surface area contributed by atoms with Crippen LogP contribution in [0.4, 0.5) is 0 Å². The van der Waals surface area contributed by atoms with Gasteiger partial charge in [0.25, 0.3) is 0 Å². The van der Waals surface area contributed by atoms with Gasteiger partial charge in [0.1, 0.15) is 0 Å². The van der Waals surface area contributed by atoms with Crippen molar-refractivity contribution in [3.05, 3.63) is 48.0 Å². The highest BCUT2D eigenvalue weighted by atomic mass is 16.3. The maximum absolute atomic E-state index is 9.92. The van der Waals surface area contributed by atoms with Gasteiger partial charge < -0.3 is 5.11 Å². The summed E-state index contributed by atoms with van der Waals surface area (Å²) in [6, 6.07) is 3.88. The standard InChI is InChI=1S/C13H17N3O/c1-16-10-12(9-15-16)4-5-13(17)7-11-3-2-6-14-8-11/h2-3,6,8-10,13,17H,4-5,7H2,1H3. The largest absolute Gasteiger partial charge is 0.393 e. The van der Waals surface area contributed by atoms with Crippen LogP contribution in [0.25, 0.3) is 0 Å². The molecule has 1 atom stereocenters. The molecule has 0 aliphatic rings. The van der Waals surface area contributed by atoms with Crippen molar-refractivity contribution in [2.45, 2.75) is 25.4 Å². The molecule has 90 valence electrons. The molecule has 1 N–H and O–H groups in total. The van der Waals surface area contributed by atoms with Gasteiger partial charge in [0.2, 0.25) is 0 Å². The zero-order valence-corrected chi connectivity index (χ0v) is 9.95. The summed E-state index contributed by atoms with van der Waals surface area (Å²) >= 11 is 0. The van der Waals surface area contributed by atoms with Crippen molar-refractivity contribution in [3.8, 4) is 0 Å². The Morgan fingerprint density at radius 3 is 2.88 bits per heavy atom. The van der Waals surface area contributed by atoms with E-state index in [9.17, 15) is 5.11 Å². The molecule has 2 aromatic heterocycles. The number of aliphatic hydroxyl groups is 1. The van der Waals surface area contributed by atoms with Gasteiger partial charge in [-0.3, -0.25) is 9.67 Å². The van der Waals surface area contributed by atoms with E-state index in [-0.39, 0.29) is 6.10 Å². The number of hydrogen-bond donors (Lipinski definition) is 1. The lowest BCUT2D eigenvalue weighted by Gasteiger charge is -2.09.